The number of imidazole rings is 1. The number of aromatic nitrogens is 4. The van der Waals surface area contributed by atoms with E-state index in [0.29, 0.717) is 34.5 Å². The van der Waals surface area contributed by atoms with Crippen molar-refractivity contribution in [3.05, 3.63) is 84.0 Å². The van der Waals surface area contributed by atoms with Gasteiger partial charge in [-0.1, -0.05) is 0 Å². The summed E-state index contributed by atoms with van der Waals surface area (Å²) in [5.74, 6) is 0.386. The molecule has 0 spiro atoms. The van der Waals surface area contributed by atoms with Crippen molar-refractivity contribution < 1.29 is 9.18 Å². The van der Waals surface area contributed by atoms with Gasteiger partial charge in [0.25, 0.3) is 5.91 Å². The molecular formula is C27H28FN7O. The molecular weight excluding hydrogens is 457 g/mol. The van der Waals surface area contributed by atoms with Gasteiger partial charge in [0.15, 0.2) is 0 Å². The minimum Gasteiger partial charge on any atom is -0.393 e. The lowest BCUT2D eigenvalue weighted by molar-refractivity contribution is 0.0953. The number of aryl methyl sites for hydroxylation is 1. The molecule has 0 fully saturated rings. The zero-order valence-corrected chi connectivity index (χ0v) is 20.5. The largest absolute Gasteiger partial charge is 0.393 e. The summed E-state index contributed by atoms with van der Waals surface area (Å²) in [6.45, 7) is 2.41. The van der Waals surface area contributed by atoms with E-state index in [4.69, 9.17) is 9.97 Å². The number of carbonyl (C=O) groups is 1. The predicted octanol–water partition coefficient (Wildman–Crippen LogP) is 4.17. The number of amides is 1. The third-order valence-electron chi connectivity index (χ3n) is 5.74. The normalized spacial score (nSPS) is 12.1. The van der Waals surface area contributed by atoms with Gasteiger partial charge in [-0.2, -0.15) is 0 Å². The maximum Gasteiger partial charge on any atom is 0.251 e. The number of fused-ring (bicyclic) bond motifs is 1. The fourth-order valence-electron chi connectivity index (χ4n) is 3.80. The van der Waals surface area contributed by atoms with Gasteiger partial charge in [-0.25, -0.2) is 19.3 Å². The summed E-state index contributed by atoms with van der Waals surface area (Å²) in [6.07, 6.45) is 6.83. The molecule has 0 atom stereocenters. The van der Waals surface area contributed by atoms with E-state index in [1.165, 1.54) is 12.1 Å². The molecule has 2 heterocycles. The number of benzene rings is 2. The van der Waals surface area contributed by atoms with E-state index < -0.39 is 0 Å². The summed E-state index contributed by atoms with van der Waals surface area (Å²) < 4.78 is 13.6. The van der Waals surface area contributed by atoms with E-state index >= 15 is 0 Å². The Labute approximate surface area is 208 Å². The fraction of sp³-hybridized carbons (Fsp3) is 0.222. The first-order chi connectivity index (χ1) is 17.5. The monoisotopic (exact) mass is 485 g/mol. The van der Waals surface area contributed by atoms with Crippen LogP contribution in [0.4, 0.5) is 4.39 Å². The Bertz CT molecular complexity index is 1410. The van der Waals surface area contributed by atoms with E-state index in [9.17, 15) is 9.18 Å². The minimum atomic E-state index is -0.328. The van der Waals surface area contributed by atoms with Gasteiger partial charge in [0.1, 0.15) is 17.3 Å². The number of carbonyl (C=O) groups excluding carboxylic acids is 1. The number of halogens is 1. The maximum atomic E-state index is 13.6. The SMILES string of the molecule is C/N=C(C)\C(=C/NC)c1nc2cc(C(=O)NCCCc3ncc[nH]3)ccc2nc1-c1ccc(F)cc1. The van der Waals surface area contributed by atoms with Gasteiger partial charge < -0.3 is 15.6 Å². The van der Waals surface area contributed by atoms with Crippen LogP contribution >= 0.6 is 0 Å². The molecule has 8 nitrogen and oxygen atoms in total. The first-order valence-electron chi connectivity index (χ1n) is 11.7. The van der Waals surface area contributed by atoms with Gasteiger partial charge in [-0.15, -0.1) is 0 Å². The van der Waals surface area contributed by atoms with E-state index in [-0.39, 0.29) is 11.7 Å². The molecule has 0 radical (unpaired) electrons. The lowest BCUT2D eigenvalue weighted by atomic mass is 10.0. The van der Waals surface area contributed by atoms with Crippen molar-refractivity contribution in [2.75, 3.05) is 20.6 Å². The molecule has 0 aliphatic carbocycles. The molecule has 4 rings (SSSR count). The van der Waals surface area contributed by atoms with Gasteiger partial charge in [-0.3, -0.25) is 9.79 Å². The van der Waals surface area contributed by atoms with Gasteiger partial charge in [-0.05, 0) is 55.8 Å². The van der Waals surface area contributed by atoms with Crippen LogP contribution in [0.1, 0.15) is 35.2 Å². The van der Waals surface area contributed by atoms with Crippen molar-refractivity contribution in [3.63, 3.8) is 0 Å². The first kappa shape index (κ1) is 24.7. The minimum absolute atomic E-state index is 0.181. The van der Waals surface area contributed by atoms with Crippen molar-refractivity contribution >= 4 is 28.2 Å². The molecule has 0 aliphatic heterocycles. The summed E-state index contributed by atoms with van der Waals surface area (Å²) in [7, 11) is 3.50. The maximum absolute atomic E-state index is 13.6. The Kier molecular flexibility index (Phi) is 7.79. The second-order valence-electron chi connectivity index (χ2n) is 8.18. The summed E-state index contributed by atoms with van der Waals surface area (Å²) in [6, 6.07) is 11.4. The van der Waals surface area contributed by atoms with Crippen LogP contribution in [0.15, 0.2) is 66.1 Å². The van der Waals surface area contributed by atoms with Crippen LogP contribution < -0.4 is 10.6 Å². The number of nitrogens with zero attached hydrogens (tertiary/aromatic N) is 4. The second kappa shape index (κ2) is 11.4. The number of H-pyrrole nitrogens is 1. The highest BCUT2D eigenvalue weighted by molar-refractivity contribution is 6.23. The Balaban J connectivity index is 1.68. The molecule has 0 saturated carbocycles. The highest BCUT2D eigenvalue weighted by Crippen LogP contribution is 2.29. The molecule has 0 unspecified atom stereocenters. The van der Waals surface area contributed by atoms with Gasteiger partial charge in [0.05, 0.1) is 16.7 Å². The topological polar surface area (TPSA) is 108 Å². The standard InChI is InChI=1S/C27H28FN7O/c1-17(30-3)21(16-29-2)26-25(18-6-9-20(28)10-7-18)34-22-11-8-19(15-23(22)35-26)27(36)33-12-4-5-24-31-13-14-32-24/h6-11,13-16,29H,4-5,12H2,1-3H3,(H,31,32)(H,33,36)/b21-16+,30-17-. The van der Waals surface area contributed by atoms with E-state index in [2.05, 4.69) is 25.6 Å². The highest BCUT2D eigenvalue weighted by atomic mass is 19.1. The summed E-state index contributed by atoms with van der Waals surface area (Å²) in [5.41, 5.74) is 5.12. The predicted molar refractivity (Wildman–Crippen MR) is 140 cm³/mol. The average molecular weight is 486 g/mol. The van der Waals surface area contributed by atoms with Crippen molar-refractivity contribution in [3.8, 4) is 11.3 Å². The lowest BCUT2D eigenvalue weighted by Crippen LogP contribution is -2.24. The molecule has 36 heavy (non-hydrogen) atoms. The summed E-state index contributed by atoms with van der Waals surface area (Å²) in [4.78, 5) is 34.1. The fourth-order valence-corrected chi connectivity index (χ4v) is 3.80. The Morgan fingerprint density at radius 1 is 1.14 bits per heavy atom. The van der Waals surface area contributed by atoms with Crippen molar-refractivity contribution in [1.82, 2.24) is 30.6 Å². The Morgan fingerprint density at radius 2 is 1.94 bits per heavy atom. The molecule has 0 bridgehead atoms. The van der Waals surface area contributed by atoms with Crippen LogP contribution in [-0.2, 0) is 6.42 Å². The average Bonchev–Trinajstić information content (AvgIpc) is 3.42. The third-order valence-corrected chi connectivity index (χ3v) is 5.74. The van der Waals surface area contributed by atoms with E-state index in [0.717, 1.165) is 35.5 Å². The number of nitrogens with one attached hydrogen (secondary N) is 3. The zero-order chi connectivity index (χ0) is 25.5. The van der Waals surface area contributed by atoms with Crippen LogP contribution in [0.2, 0.25) is 0 Å². The molecule has 0 saturated heterocycles. The molecule has 184 valence electrons. The number of aliphatic imine (C=N–C) groups is 1. The van der Waals surface area contributed by atoms with Crippen molar-refractivity contribution in [2.45, 2.75) is 19.8 Å². The molecule has 3 N–H and O–H groups in total. The van der Waals surface area contributed by atoms with Crippen LogP contribution in [0.5, 0.6) is 0 Å². The molecule has 9 heteroatoms. The third kappa shape index (κ3) is 5.63. The Morgan fingerprint density at radius 3 is 2.64 bits per heavy atom. The first-order valence-corrected chi connectivity index (χ1v) is 11.7. The lowest BCUT2D eigenvalue weighted by Gasteiger charge is -2.14. The van der Waals surface area contributed by atoms with Gasteiger partial charge in [0, 0.05) is 68.1 Å². The van der Waals surface area contributed by atoms with E-state index in [1.54, 1.807) is 63.0 Å². The number of hydrogen-bond donors (Lipinski definition) is 3. The Hall–Kier alpha value is -4.40. The molecule has 2 aromatic carbocycles. The van der Waals surface area contributed by atoms with Gasteiger partial charge in [0.2, 0.25) is 0 Å². The molecule has 1 amide bonds. The smallest absolute Gasteiger partial charge is 0.251 e. The second-order valence-corrected chi connectivity index (χ2v) is 8.18. The number of rotatable bonds is 9. The van der Waals surface area contributed by atoms with Crippen molar-refractivity contribution in [1.29, 1.82) is 0 Å². The van der Waals surface area contributed by atoms with E-state index in [1.807, 2.05) is 6.92 Å². The molecule has 0 aliphatic rings. The molecule has 2 aromatic heterocycles. The molecule has 4 aromatic rings. The highest BCUT2D eigenvalue weighted by Gasteiger charge is 2.18. The number of hydrogen-bond acceptors (Lipinski definition) is 6. The summed E-state index contributed by atoms with van der Waals surface area (Å²) in [5, 5.41) is 5.99. The van der Waals surface area contributed by atoms with Crippen LogP contribution in [0.3, 0.4) is 0 Å². The number of allylic oxidation sites excluding steroid dienone is 1. The van der Waals surface area contributed by atoms with Crippen molar-refractivity contribution in [2.24, 2.45) is 4.99 Å². The summed E-state index contributed by atoms with van der Waals surface area (Å²) >= 11 is 0. The zero-order valence-electron chi connectivity index (χ0n) is 20.5. The van der Waals surface area contributed by atoms with Crippen LogP contribution in [-0.4, -0.2) is 52.2 Å². The van der Waals surface area contributed by atoms with Crippen LogP contribution in [0, 0.1) is 5.82 Å². The number of aromatic amines is 1. The van der Waals surface area contributed by atoms with Gasteiger partial charge >= 0.3 is 0 Å². The quantitative estimate of drug-likeness (QED) is 0.244. The van der Waals surface area contributed by atoms with Crippen LogP contribution in [0.25, 0.3) is 27.9 Å².